The molecule has 0 radical (unpaired) electrons. The maximum absolute atomic E-state index is 13.0. The molecule has 2 nitrogen and oxygen atoms in total. The van der Waals surface area contributed by atoms with Gasteiger partial charge in [0.25, 0.3) is 0 Å². The molecule has 1 aromatic rings. The van der Waals surface area contributed by atoms with Crippen molar-refractivity contribution in [1.82, 2.24) is 5.32 Å². The van der Waals surface area contributed by atoms with Gasteiger partial charge in [0.1, 0.15) is 5.82 Å². The summed E-state index contributed by atoms with van der Waals surface area (Å²) in [6.07, 6.45) is 0.444. The van der Waals surface area contributed by atoms with Crippen LogP contribution in [-0.2, 0) is 0 Å². The Balaban J connectivity index is 2.37. The minimum absolute atomic E-state index is 0.102. The molecule has 1 rings (SSSR count). The van der Waals surface area contributed by atoms with E-state index in [1.807, 2.05) is 26.8 Å². The van der Waals surface area contributed by atoms with Gasteiger partial charge in [-0.25, -0.2) is 4.39 Å². The maximum atomic E-state index is 13.0. The van der Waals surface area contributed by atoms with Gasteiger partial charge in [-0.3, -0.25) is 0 Å². The molecular weight excluding hydrogens is 217 g/mol. The van der Waals surface area contributed by atoms with Crippen LogP contribution in [0, 0.1) is 11.7 Å². The largest absolute Gasteiger partial charge is 0.393 e. The minimum Gasteiger partial charge on any atom is -0.393 e. The fraction of sp³-hybridized carbons (Fsp3) is 0.571. The van der Waals surface area contributed by atoms with Gasteiger partial charge in [0.05, 0.1) is 6.10 Å². The van der Waals surface area contributed by atoms with Crippen molar-refractivity contribution >= 4 is 0 Å². The Labute approximate surface area is 103 Å². The maximum Gasteiger partial charge on any atom is 0.123 e. The molecule has 0 amide bonds. The lowest BCUT2D eigenvalue weighted by Gasteiger charge is -2.18. The number of halogens is 1. The molecule has 2 atom stereocenters. The lowest BCUT2D eigenvalue weighted by molar-refractivity contribution is 0.115. The van der Waals surface area contributed by atoms with Gasteiger partial charge in [-0.15, -0.1) is 0 Å². The standard InChI is InChI=1S/C14H22FNO/c1-10(2)14(17)7-8-16-11(3)12-5-4-6-13(15)9-12/h4-6,9-11,14,16-17H,7-8H2,1-3H3. The molecule has 0 aliphatic heterocycles. The fourth-order valence-corrected chi connectivity index (χ4v) is 1.67. The van der Waals surface area contributed by atoms with Gasteiger partial charge in [-0.05, 0) is 43.5 Å². The fourth-order valence-electron chi connectivity index (χ4n) is 1.67. The summed E-state index contributed by atoms with van der Waals surface area (Å²) >= 11 is 0. The van der Waals surface area contributed by atoms with Crippen LogP contribution in [0.25, 0.3) is 0 Å². The number of aliphatic hydroxyl groups is 1. The third-order valence-corrected chi connectivity index (χ3v) is 3.01. The predicted molar refractivity (Wildman–Crippen MR) is 68.3 cm³/mol. The van der Waals surface area contributed by atoms with E-state index in [1.54, 1.807) is 6.07 Å². The normalized spacial score (nSPS) is 14.9. The third-order valence-electron chi connectivity index (χ3n) is 3.01. The summed E-state index contributed by atoms with van der Waals surface area (Å²) in [4.78, 5) is 0. The Morgan fingerprint density at radius 3 is 2.59 bits per heavy atom. The average Bonchev–Trinajstić information content (AvgIpc) is 2.28. The van der Waals surface area contributed by atoms with Gasteiger partial charge in [-0.2, -0.15) is 0 Å². The Kier molecular flexibility index (Phi) is 5.59. The van der Waals surface area contributed by atoms with Crippen LogP contribution in [0.4, 0.5) is 4.39 Å². The monoisotopic (exact) mass is 239 g/mol. The summed E-state index contributed by atoms with van der Waals surface area (Å²) in [5.41, 5.74) is 0.934. The van der Waals surface area contributed by atoms with Gasteiger partial charge < -0.3 is 10.4 Å². The molecule has 0 heterocycles. The topological polar surface area (TPSA) is 32.3 Å². The van der Waals surface area contributed by atoms with Gasteiger partial charge in [0.2, 0.25) is 0 Å². The van der Waals surface area contributed by atoms with Crippen LogP contribution in [0.1, 0.15) is 38.8 Å². The van der Waals surface area contributed by atoms with Gasteiger partial charge in [0.15, 0.2) is 0 Å². The first-order valence-corrected chi connectivity index (χ1v) is 6.17. The van der Waals surface area contributed by atoms with Crippen LogP contribution >= 0.6 is 0 Å². The van der Waals surface area contributed by atoms with E-state index in [1.165, 1.54) is 12.1 Å². The number of aliphatic hydroxyl groups excluding tert-OH is 1. The summed E-state index contributed by atoms with van der Waals surface area (Å²) in [6.45, 7) is 6.73. The molecule has 0 aromatic heterocycles. The van der Waals surface area contributed by atoms with Crippen LogP contribution in [0.5, 0.6) is 0 Å². The first-order valence-electron chi connectivity index (χ1n) is 6.17. The summed E-state index contributed by atoms with van der Waals surface area (Å²) in [5.74, 6) is 0.0691. The molecule has 2 unspecified atom stereocenters. The highest BCUT2D eigenvalue weighted by molar-refractivity contribution is 5.19. The highest BCUT2D eigenvalue weighted by Crippen LogP contribution is 2.13. The van der Waals surface area contributed by atoms with E-state index in [0.29, 0.717) is 0 Å². The molecule has 2 N–H and O–H groups in total. The Morgan fingerprint density at radius 2 is 2.00 bits per heavy atom. The van der Waals surface area contributed by atoms with Gasteiger partial charge >= 0.3 is 0 Å². The number of hydrogen-bond acceptors (Lipinski definition) is 2. The number of nitrogens with one attached hydrogen (secondary N) is 1. The van der Waals surface area contributed by atoms with E-state index in [-0.39, 0.29) is 23.9 Å². The molecule has 3 heteroatoms. The lowest BCUT2D eigenvalue weighted by Crippen LogP contribution is -2.25. The van der Waals surface area contributed by atoms with Gasteiger partial charge in [-0.1, -0.05) is 26.0 Å². The van der Waals surface area contributed by atoms with E-state index < -0.39 is 0 Å². The van der Waals surface area contributed by atoms with Crippen molar-refractivity contribution in [2.24, 2.45) is 5.92 Å². The molecule has 96 valence electrons. The van der Waals surface area contributed by atoms with Gasteiger partial charge in [0, 0.05) is 6.04 Å². The zero-order valence-electron chi connectivity index (χ0n) is 10.8. The van der Waals surface area contributed by atoms with Crippen LogP contribution < -0.4 is 5.32 Å². The molecule has 0 fully saturated rings. The first-order chi connectivity index (χ1) is 8.00. The van der Waals surface area contributed by atoms with Crippen molar-refractivity contribution in [2.45, 2.75) is 39.3 Å². The highest BCUT2D eigenvalue weighted by atomic mass is 19.1. The Hall–Kier alpha value is -0.930. The number of rotatable bonds is 6. The summed E-state index contributed by atoms with van der Waals surface area (Å²) < 4.78 is 13.0. The van der Waals surface area contributed by atoms with Crippen molar-refractivity contribution < 1.29 is 9.50 Å². The van der Waals surface area contributed by atoms with Crippen LogP contribution in [0.15, 0.2) is 24.3 Å². The Bertz CT molecular complexity index is 341. The third kappa shape index (κ3) is 4.84. The molecule has 0 aliphatic carbocycles. The molecule has 1 aromatic carbocycles. The Morgan fingerprint density at radius 1 is 1.29 bits per heavy atom. The predicted octanol–water partition coefficient (Wildman–Crippen LogP) is 2.88. The molecule has 0 saturated carbocycles. The summed E-state index contributed by atoms with van der Waals surface area (Å²) in [7, 11) is 0. The second-order valence-electron chi connectivity index (χ2n) is 4.83. The van der Waals surface area contributed by atoms with Crippen LogP contribution in [0.2, 0.25) is 0 Å². The molecule has 17 heavy (non-hydrogen) atoms. The number of hydrogen-bond donors (Lipinski definition) is 2. The lowest BCUT2D eigenvalue weighted by atomic mass is 10.0. The zero-order valence-corrected chi connectivity index (χ0v) is 10.8. The SMILES string of the molecule is CC(NCCC(O)C(C)C)c1cccc(F)c1. The van der Waals surface area contributed by atoms with Crippen molar-refractivity contribution in [2.75, 3.05) is 6.54 Å². The van der Waals surface area contributed by atoms with Crippen LogP contribution in [0.3, 0.4) is 0 Å². The van der Waals surface area contributed by atoms with Crippen molar-refractivity contribution in [3.8, 4) is 0 Å². The molecule has 0 spiro atoms. The second-order valence-corrected chi connectivity index (χ2v) is 4.83. The van der Waals surface area contributed by atoms with E-state index in [9.17, 15) is 9.50 Å². The molecule has 0 aliphatic rings. The van der Waals surface area contributed by atoms with Crippen molar-refractivity contribution in [1.29, 1.82) is 0 Å². The van der Waals surface area contributed by atoms with Crippen molar-refractivity contribution in [3.05, 3.63) is 35.6 Å². The molecule has 0 bridgehead atoms. The highest BCUT2D eigenvalue weighted by Gasteiger charge is 2.10. The second kappa shape index (κ2) is 6.72. The quantitative estimate of drug-likeness (QED) is 0.800. The average molecular weight is 239 g/mol. The smallest absolute Gasteiger partial charge is 0.123 e. The molecule has 0 saturated heterocycles. The first kappa shape index (κ1) is 14.1. The molecular formula is C14H22FNO. The van der Waals surface area contributed by atoms with Crippen molar-refractivity contribution in [3.63, 3.8) is 0 Å². The number of benzene rings is 1. The van der Waals surface area contributed by atoms with Crippen LogP contribution in [-0.4, -0.2) is 17.8 Å². The van der Waals surface area contributed by atoms with E-state index in [4.69, 9.17) is 0 Å². The van der Waals surface area contributed by atoms with E-state index in [0.717, 1.165) is 18.5 Å². The van der Waals surface area contributed by atoms with E-state index in [2.05, 4.69) is 5.32 Å². The summed E-state index contributed by atoms with van der Waals surface area (Å²) in [6, 6.07) is 6.70. The minimum atomic E-state index is -0.276. The van der Waals surface area contributed by atoms with E-state index >= 15 is 0 Å². The summed E-state index contributed by atoms with van der Waals surface area (Å²) in [5, 5.41) is 12.9. The zero-order chi connectivity index (χ0) is 12.8.